The molecule has 0 fully saturated rings. The van der Waals surface area contributed by atoms with Gasteiger partial charge in [0.2, 0.25) is 0 Å². The predicted molar refractivity (Wildman–Crippen MR) is 57.0 cm³/mol. The SMILES string of the molecule is CSCCC(O)c1csc(C)c1. The third-order valence-electron chi connectivity index (χ3n) is 1.73. The standard InChI is InChI=1S/C9H14OS2/c1-7-5-8(6-12-7)9(10)3-4-11-2/h5-6,9-10H,3-4H2,1-2H3. The molecule has 1 atom stereocenters. The van der Waals surface area contributed by atoms with Crippen LogP contribution in [0.4, 0.5) is 0 Å². The van der Waals surface area contributed by atoms with E-state index in [1.807, 2.05) is 5.38 Å². The lowest BCUT2D eigenvalue weighted by Gasteiger charge is -2.06. The Hall–Kier alpha value is 0.0100. The van der Waals surface area contributed by atoms with E-state index in [0.717, 1.165) is 17.7 Å². The van der Waals surface area contributed by atoms with E-state index in [4.69, 9.17) is 0 Å². The largest absolute Gasteiger partial charge is 0.388 e. The van der Waals surface area contributed by atoms with Gasteiger partial charge in [-0.05, 0) is 42.4 Å². The van der Waals surface area contributed by atoms with Crippen molar-refractivity contribution in [1.82, 2.24) is 0 Å². The van der Waals surface area contributed by atoms with Gasteiger partial charge in [-0.25, -0.2) is 0 Å². The summed E-state index contributed by atoms with van der Waals surface area (Å²) in [7, 11) is 0. The lowest BCUT2D eigenvalue weighted by atomic mass is 10.1. The molecule has 1 nitrogen and oxygen atoms in total. The fourth-order valence-corrected chi connectivity index (χ4v) is 2.24. The van der Waals surface area contributed by atoms with E-state index in [0.29, 0.717) is 0 Å². The predicted octanol–water partition coefficient (Wildman–Crippen LogP) is 2.84. The third kappa shape index (κ3) is 2.81. The number of aliphatic hydroxyl groups is 1. The lowest BCUT2D eigenvalue weighted by Crippen LogP contribution is -1.96. The van der Waals surface area contributed by atoms with Gasteiger partial charge in [0.05, 0.1) is 6.10 Å². The first-order valence-electron chi connectivity index (χ1n) is 3.96. The molecule has 0 aromatic carbocycles. The zero-order valence-electron chi connectivity index (χ0n) is 7.41. The van der Waals surface area contributed by atoms with Gasteiger partial charge < -0.3 is 5.11 Å². The molecule has 0 saturated heterocycles. The molecule has 1 unspecified atom stereocenters. The normalized spacial score (nSPS) is 13.2. The molecule has 1 aromatic rings. The van der Waals surface area contributed by atoms with Gasteiger partial charge >= 0.3 is 0 Å². The first-order chi connectivity index (χ1) is 5.74. The lowest BCUT2D eigenvalue weighted by molar-refractivity contribution is 0.175. The average molecular weight is 202 g/mol. The van der Waals surface area contributed by atoms with E-state index in [1.54, 1.807) is 23.1 Å². The van der Waals surface area contributed by atoms with Gasteiger partial charge in [0.25, 0.3) is 0 Å². The van der Waals surface area contributed by atoms with Crippen LogP contribution in [0.5, 0.6) is 0 Å². The van der Waals surface area contributed by atoms with E-state index in [2.05, 4.69) is 19.2 Å². The third-order valence-corrected chi connectivity index (χ3v) is 3.25. The first-order valence-corrected chi connectivity index (χ1v) is 6.23. The molecule has 0 saturated carbocycles. The second-order valence-corrected chi connectivity index (χ2v) is 4.89. The molecular formula is C9H14OS2. The van der Waals surface area contributed by atoms with Crippen molar-refractivity contribution in [2.75, 3.05) is 12.0 Å². The molecular weight excluding hydrogens is 188 g/mol. The molecule has 1 N–H and O–H groups in total. The molecule has 0 amide bonds. The van der Waals surface area contributed by atoms with Crippen LogP contribution in [0.3, 0.4) is 0 Å². The van der Waals surface area contributed by atoms with Crippen LogP contribution in [-0.2, 0) is 0 Å². The van der Waals surface area contributed by atoms with E-state index in [-0.39, 0.29) is 6.10 Å². The number of aliphatic hydroxyl groups excluding tert-OH is 1. The monoisotopic (exact) mass is 202 g/mol. The Morgan fingerprint density at radius 2 is 2.42 bits per heavy atom. The number of thioether (sulfide) groups is 1. The minimum absolute atomic E-state index is 0.262. The van der Waals surface area contributed by atoms with Gasteiger partial charge in [-0.1, -0.05) is 0 Å². The summed E-state index contributed by atoms with van der Waals surface area (Å²) in [5.41, 5.74) is 1.08. The summed E-state index contributed by atoms with van der Waals surface area (Å²) in [6.07, 6.45) is 2.66. The molecule has 3 heteroatoms. The second kappa shape index (κ2) is 4.90. The molecule has 0 spiro atoms. The Kier molecular flexibility index (Phi) is 4.12. The van der Waals surface area contributed by atoms with Crippen LogP contribution in [0.1, 0.15) is 23.0 Å². The van der Waals surface area contributed by atoms with Crippen LogP contribution in [0.2, 0.25) is 0 Å². The smallest absolute Gasteiger partial charge is 0.0806 e. The van der Waals surface area contributed by atoms with Crippen molar-refractivity contribution >= 4 is 23.1 Å². The molecule has 1 aromatic heterocycles. The molecule has 0 aliphatic rings. The van der Waals surface area contributed by atoms with Crippen molar-refractivity contribution in [3.63, 3.8) is 0 Å². The molecule has 68 valence electrons. The summed E-state index contributed by atoms with van der Waals surface area (Å²) < 4.78 is 0. The Labute approximate surface area is 81.8 Å². The van der Waals surface area contributed by atoms with Gasteiger partial charge in [-0.15, -0.1) is 11.3 Å². The zero-order valence-corrected chi connectivity index (χ0v) is 9.04. The Bertz CT molecular complexity index is 232. The average Bonchev–Trinajstić information content (AvgIpc) is 2.47. The first kappa shape index (κ1) is 10.1. The summed E-state index contributed by atoms with van der Waals surface area (Å²) >= 11 is 3.47. The second-order valence-electron chi connectivity index (χ2n) is 2.79. The van der Waals surface area contributed by atoms with E-state index < -0.39 is 0 Å². The Balaban J connectivity index is 2.47. The van der Waals surface area contributed by atoms with Crippen molar-refractivity contribution in [3.8, 4) is 0 Å². The molecule has 12 heavy (non-hydrogen) atoms. The van der Waals surface area contributed by atoms with Crippen molar-refractivity contribution in [1.29, 1.82) is 0 Å². The van der Waals surface area contributed by atoms with Crippen molar-refractivity contribution in [2.45, 2.75) is 19.4 Å². The quantitative estimate of drug-likeness (QED) is 0.810. The maximum Gasteiger partial charge on any atom is 0.0806 e. The van der Waals surface area contributed by atoms with Crippen LogP contribution >= 0.6 is 23.1 Å². The van der Waals surface area contributed by atoms with Crippen molar-refractivity contribution in [2.24, 2.45) is 0 Å². The number of hydrogen-bond donors (Lipinski definition) is 1. The molecule has 1 rings (SSSR count). The van der Waals surface area contributed by atoms with Crippen LogP contribution in [-0.4, -0.2) is 17.1 Å². The van der Waals surface area contributed by atoms with E-state index >= 15 is 0 Å². The van der Waals surface area contributed by atoms with Crippen LogP contribution in [0, 0.1) is 6.92 Å². The van der Waals surface area contributed by atoms with E-state index in [9.17, 15) is 5.11 Å². The number of aryl methyl sites for hydroxylation is 1. The topological polar surface area (TPSA) is 20.2 Å². The van der Waals surface area contributed by atoms with Gasteiger partial charge in [0, 0.05) is 4.88 Å². The van der Waals surface area contributed by atoms with E-state index in [1.165, 1.54) is 4.88 Å². The minimum atomic E-state index is -0.262. The Morgan fingerprint density at radius 1 is 1.67 bits per heavy atom. The highest BCUT2D eigenvalue weighted by atomic mass is 32.2. The van der Waals surface area contributed by atoms with Crippen LogP contribution in [0.25, 0.3) is 0 Å². The molecule has 0 radical (unpaired) electrons. The van der Waals surface area contributed by atoms with Crippen LogP contribution < -0.4 is 0 Å². The maximum atomic E-state index is 9.66. The molecule has 0 bridgehead atoms. The highest BCUT2D eigenvalue weighted by Crippen LogP contribution is 2.23. The summed E-state index contributed by atoms with van der Waals surface area (Å²) in [6.45, 7) is 2.06. The zero-order chi connectivity index (χ0) is 8.97. The fraction of sp³-hybridized carbons (Fsp3) is 0.556. The molecule has 0 aliphatic carbocycles. The maximum absolute atomic E-state index is 9.66. The Morgan fingerprint density at radius 3 is 2.92 bits per heavy atom. The summed E-state index contributed by atoms with van der Waals surface area (Å²) in [6, 6.07) is 2.07. The number of rotatable bonds is 4. The van der Waals surface area contributed by atoms with Crippen molar-refractivity contribution < 1.29 is 5.11 Å². The van der Waals surface area contributed by atoms with Gasteiger partial charge in [-0.2, -0.15) is 11.8 Å². The molecule has 0 aliphatic heterocycles. The minimum Gasteiger partial charge on any atom is -0.388 e. The highest BCUT2D eigenvalue weighted by molar-refractivity contribution is 7.98. The molecule has 1 heterocycles. The van der Waals surface area contributed by atoms with Gasteiger partial charge in [0.15, 0.2) is 0 Å². The van der Waals surface area contributed by atoms with Gasteiger partial charge in [0.1, 0.15) is 0 Å². The highest BCUT2D eigenvalue weighted by Gasteiger charge is 2.07. The summed E-state index contributed by atoms with van der Waals surface area (Å²) in [5.74, 6) is 1.02. The number of hydrogen-bond acceptors (Lipinski definition) is 3. The fourth-order valence-electron chi connectivity index (χ4n) is 1.03. The summed E-state index contributed by atoms with van der Waals surface area (Å²) in [5, 5.41) is 11.7. The summed E-state index contributed by atoms with van der Waals surface area (Å²) in [4.78, 5) is 1.27. The number of thiophene rings is 1. The van der Waals surface area contributed by atoms with Gasteiger partial charge in [-0.3, -0.25) is 0 Å². The van der Waals surface area contributed by atoms with Crippen molar-refractivity contribution in [3.05, 3.63) is 21.9 Å². The van der Waals surface area contributed by atoms with Crippen LogP contribution in [0.15, 0.2) is 11.4 Å².